The van der Waals surface area contributed by atoms with Gasteiger partial charge in [0.15, 0.2) is 5.76 Å². The second kappa shape index (κ2) is 5.87. The lowest BCUT2D eigenvalue weighted by Crippen LogP contribution is -2.41. The van der Waals surface area contributed by atoms with Crippen molar-refractivity contribution in [3.05, 3.63) is 36.1 Å². The second-order valence-corrected chi connectivity index (χ2v) is 4.02. The number of rotatable bonds is 4. The van der Waals surface area contributed by atoms with E-state index in [0.29, 0.717) is 5.58 Å². The van der Waals surface area contributed by atoms with E-state index in [-0.39, 0.29) is 12.2 Å². The van der Waals surface area contributed by atoms with Gasteiger partial charge in [-0.25, -0.2) is 0 Å². The van der Waals surface area contributed by atoms with Gasteiger partial charge in [-0.15, -0.1) is 0 Å². The Labute approximate surface area is 113 Å². The number of hydrogen-bond donors (Lipinski definition) is 2. The molecule has 0 aliphatic rings. The number of para-hydroxylation sites is 1. The Morgan fingerprint density at radius 1 is 1.10 bits per heavy atom. The summed E-state index contributed by atoms with van der Waals surface area (Å²) in [7, 11) is 0. The minimum Gasteiger partial charge on any atom is -0.550 e. The predicted octanol–water partition coefficient (Wildman–Crippen LogP) is -0.276. The van der Waals surface area contributed by atoms with Gasteiger partial charge in [0.25, 0.3) is 0 Å². The zero-order valence-corrected chi connectivity index (χ0v) is 10.3. The molecule has 2 aromatic rings. The first-order valence-electron chi connectivity index (χ1n) is 5.84. The van der Waals surface area contributed by atoms with Gasteiger partial charge in [-0.3, -0.25) is 20.4 Å². The van der Waals surface area contributed by atoms with E-state index in [1.165, 1.54) is 6.07 Å². The normalized spacial score (nSPS) is 10.2. The van der Waals surface area contributed by atoms with Crippen molar-refractivity contribution in [2.75, 3.05) is 0 Å². The van der Waals surface area contributed by atoms with Crippen molar-refractivity contribution >= 4 is 28.8 Å². The van der Waals surface area contributed by atoms with Gasteiger partial charge < -0.3 is 14.3 Å². The molecule has 0 aliphatic carbocycles. The molecule has 0 unspecified atom stereocenters. The summed E-state index contributed by atoms with van der Waals surface area (Å²) in [5.41, 5.74) is 4.79. The van der Waals surface area contributed by atoms with Crippen LogP contribution in [0.4, 0.5) is 0 Å². The van der Waals surface area contributed by atoms with E-state index in [2.05, 4.69) is 10.9 Å². The first-order chi connectivity index (χ1) is 9.56. The van der Waals surface area contributed by atoms with E-state index < -0.39 is 24.2 Å². The standard InChI is InChI=1S/C13H12N2O5/c16-11(5-6-12(17)18)14-15-13(19)10-7-8-3-1-2-4-9(8)20-10/h1-4,7H,5-6H2,(H,14,16)(H,15,19)(H,17,18)/p-1. The summed E-state index contributed by atoms with van der Waals surface area (Å²) in [6, 6.07) is 8.62. The Morgan fingerprint density at radius 2 is 1.85 bits per heavy atom. The van der Waals surface area contributed by atoms with Crippen LogP contribution in [0.25, 0.3) is 11.0 Å². The fourth-order valence-electron chi connectivity index (χ4n) is 1.56. The molecule has 0 bridgehead atoms. The molecule has 2 rings (SSSR count). The van der Waals surface area contributed by atoms with E-state index in [1.807, 2.05) is 0 Å². The molecule has 1 aromatic heterocycles. The van der Waals surface area contributed by atoms with Crippen molar-refractivity contribution in [1.82, 2.24) is 10.9 Å². The summed E-state index contributed by atoms with van der Waals surface area (Å²) in [4.78, 5) is 33.1. The van der Waals surface area contributed by atoms with Gasteiger partial charge in [-0.2, -0.15) is 0 Å². The van der Waals surface area contributed by atoms with Crippen molar-refractivity contribution < 1.29 is 23.9 Å². The van der Waals surface area contributed by atoms with Crippen molar-refractivity contribution in [2.24, 2.45) is 0 Å². The zero-order chi connectivity index (χ0) is 14.5. The molecule has 0 spiro atoms. The average molecular weight is 275 g/mol. The Kier molecular flexibility index (Phi) is 3.99. The Morgan fingerprint density at radius 3 is 2.55 bits per heavy atom. The van der Waals surface area contributed by atoms with Gasteiger partial charge in [-0.05, 0) is 18.6 Å². The summed E-state index contributed by atoms with van der Waals surface area (Å²) in [6.07, 6.45) is -0.685. The lowest BCUT2D eigenvalue weighted by atomic mass is 10.2. The van der Waals surface area contributed by atoms with Crippen LogP contribution in [0.15, 0.2) is 34.7 Å². The van der Waals surface area contributed by atoms with Gasteiger partial charge in [0.1, 0.15) is 5.58 Å². The highest BCUT2D eigenvalue weighted by atomic mass is 16.4. The number of aliphatic carboxylic acids is 1. The van der Waals surface area contributed by atoms with Crippen LogP contribution in [0.1, 0.15) is 23.4 Å². The van der Waals surface area contributed by atoms with Gasteiger partial charge in [0, 0.05) is 17.8 Å². The maximum absolute atomic E-state index is 11.7. The summed E-state index contributed by atoms with van der Waals surface area (Å²) in [6.45, 7) is 0. The molecule has 1 aromatic carbocycles. The van der Waals surface area contributed by atoms with Crippen molar-refractivity contribution in [2.45, 2.75) is 12.8 Å². The summed E-state index contributed by atoms with van der Waals surface area (Å²) >= 11 is 0. The Hall–Kier alpha value is -2.83. The highest BCUT2D eigenvalue weighted by molar-refractivity contribution is 5.97. The molecule has 0 saturated heterocycles. The number of carbonyl (C=O) groups excluding carboxylic acids is 3. The zero-order valence-electron chi connectivity index (χ0n) is 10.3. The second-order valence-electron chi connectivity index (χ2n) is 4.02. The topological polar surface area (TPSA) is 111 Å². The number of benzene rings is 1. The van der Waals surface area contributed by atoms with Crippen LogP contribution in [0.5, 0.6) is 0 Å². The molecule has 7 nitrogen and oxygen atoms in total. The molecule has 1 heterocycles. The minimum atomic E-state index is -1.33. The molecular weight excluding hydrogens is 264 g/mol. The third-order valence-corrected chi connectivity index (χ3v) is 2.52. The van der Waals surface area contributed by atoms with E-state index >= 15 is 0 Å². The summed E-state index contributed by atoms with van der Waals surface area (Å²) in [5.74, 6) is -2.53. The molecule has 2 amide bonds. The van der Waals surface area contributed by atoms with Crippen LogP contribution < -0.4 is 16.0 Å². The molecule has 104 valence electrons. The molecule has 20 heavy (non-hydrogen) atoms. The molecule has 0 saturated carbocycles. The Balaban J connectivity index is 1.91. The van der Waals surface area contributed by atoms with E-state index in [4.69, 9.17) is 4.42 Å². The molecular formula is C13H11N2O5-. The molecule has 2 N–H and O–H groups in total. The number of fused-ring (bicyclic) bond motifs is 1. The quantitative estimate of drug-likeness (QED) is 0.746. The first kappa shape index (κ1) is 13.6. The van der Waals surface area contributed by atoms with Crippen LogP contribution >= 0.6 is 0 Å². The van der Waals surface area contributed by atoms with Crippen LogP contribution in [0.2, 0.25) is 0 Å². The smallest absolute Gasteiger partial charge is 0.305 e. The highest BCUT2D eigenvalue weighted by Crippen LogP contribution is 2.18. The number of amides is 2. The van der Waals surface area contributed by atoms with Gasteiger partial charge >= 0.3 is 5.91 Å². The van der Waals surface area contributed by atoms with Crippen LogP contribution in [0, 0.1) is 0 Å². The lowest BCUT2D eigenvalue weighted by Gasteiger charge is -2.05. The summed E-state index contributed by atoms with van der Waals surface area (Å²) < 4.78 is 5.29. The first-order valence-corrected chi connectivity index (χ1v) is 5.84. The van der Waals surface area contributed by atoms with E-state index in [9.17, 15) is 19.5 Å². The molecule has 0 atom stereocenters. The number of nitrogens with one attached hydrogen (secondary N) is 2. The largest absolute Gasteiger partial charge is 0.550 e. The van der Waals surface area contributed by atoms with Gasteiger partial charge in [0.2, 0.25) is 5.91 Å². The summed E-state index contributed by atoms with van der Waals surface area (Å²) in [5, 5.41) is 10.9. The van der Waals surface area contributed by atoms with E-state index in [0.717, 1.165) is 5.39 Å². The van der Waals surface area contributed by atoms with Gasteiger partial charge in [0.05, 0.1) is 0 Å². The fourth-order valence-corrected chi connectivity index (χ4v) is 1.56. The van der Waals surface area contributed by atoms with Crippen LogP contribution in [-0.4, -0.2) is 17.8 Å². The fraction of sp³-hybridized carbons (Fsp3) is 0.154. The molecule has 0 fully saturated rings. The van der Waals surface area contributed by atoms with Crippen molar-refractivity contribution in [1.29, 1.82) is 0 Å². The minimum absolute atomic E-state index is 0.0476. The maximum atomic E-state index is 11.7. The van der Waals surface area contributed by atoms with Gasteiger partial charge in [-0.1, -0.05) is 18.2 Å². The SMILES string of the molecule is O=C([O-])CCC(=O)NNC(=O)c1cc2ccccc2o1. The highest BCUT2D eigenvalue weighted by Gasteiger charge is 2.12. The Bertz CT molecular complexity index is 629. The molecule has 0 aliphatic heterocycles. The number of carbonyl (C=O) groups is 3. The lowest BCUT2D eigenvalue weighted by molar-refractivity contribution is -0.305. The van der Waals surface area contributed by atoms with E-state index in [1.54, 1.807) is 24.3 Å². The third-order valence-electron chi connectivity index (χ3n) is 2.52. The third kappa shape index (κ3) is 3.35. The number of hydrogen-bond acceptors (Lipinski definition) is 5. The number of carboxylic acids is 1. The number of furan rings is 1. The average Bonchev–Trinajstić information content (AvgIpc) is 2.86. The number of hydrazine groups is 1. The predicted molar refractivity (Wildman–Crippen MR) is 66.1 cm³/mol. The molecule has 0 radical (unpaired) electrons. The van der Waals surface area contributed by atoms with Crippen molar-refractivity contribution in [3.8, 4) is 0 Å². The monoisotopic (exact) mass is 275 g/mol. The van der Waals surface area contributed by atoms with Crippen molar-refractivity contribution in [3.63, 3.8) is 0 Å². The number of carboxylic acid groups (broad SMARTS) is 1. The van der Waals surface area contributed by atoms with Crippen LogP contribution in [0.3, 0.4) is 0 Å². The maximum Gasteiger partial charge on any atom is 0.305 e. The van der Waals surface area contributed by atoms with Crippen LogP contribution in [-0.2, 0) is 9.59 Å². The molecule has 7 heteroatoms.